The van der Waals surface area contributed by atoms with Gasteiger partial charge in [0.25, 0.3) is 5.91 Å². The molecule has 0 bridgehead atoms. The van der Waals surface area contributed by atoms with Crippen molar-refractivity contribution in [3.8, 4) is 0 Å². The highest BCUT2D eigenvalue weighted by Gasteiger charge is 2.29. The van der Waals surface area contributed by atoms with E-state index in [1.165, 1.54) is 0 Å². The largest absolute Gasteiger partial charge is 0.389 e. The van der Waals surface area contributed by atoms with E-state index in [1.807, 2.05) is 6.92 Å². The summed E-state index contributed by atoms with van der Waals surface area (Å²) in [4.78, 5) is 13.6. The number of aliphatic hydroxyl groups is 1. The fourth-order valence-corrected chi connectivity index (χ4v) is 1.79. The lowest BCUT2D eigenvalue weighted by Gasteiger charge is -2.29. The number of amides is 1. The van der Waals surface area contributed by atoms with E-state index in [9.17, 15) is 9.90 Å². The van der Waals surface area contributed by atoms with Crippen LogP contribution in [0.15, 0.2) is 0 Å². The van der Waals surface area contributed by atoms with Gasteiger partial charge < -0.3 is 14.7 Å². The molecule has 1 amide bonds. The van der Waals surface area contributed by atoms with Gasteiger partial charge in [0, 0.05) is 19.7 Å². The SMILES string of the molecule is CCN(CC(C)(C)O)C(=O)[C@H]1CCCO1. The van der Waals surface area contributed by atoms with Crippen LogP contribution in [0, 0.1) is 0 Å². The van der Waals surface area contributed by atoms with Gasteiger partial charge in [0.15, 0.2) is 0 Å². The molecule has 0 aliphatic carbocycles. The molecule has 1 N–H and O–H groups in total. The van der Waals surface area contributed by atoms with Gasteiger partial charge >= 0.3 is 0 Å². The monoisotopic (exact) mass is 215 g/mol. The highest BCUT2D eigenvalue weighted by Crippen LogP contribution is 2.16. The van der Waals surface area contributed by atoms with Crippen molar-refractivity contribution in [3.63, 3.8) is 0 Å². The first kappa shape index (κ1) is 12.5. The molecule has 15 heavy (non-hydrogen) atoms. The van der Waals surface area contributed by atoms with Gasteiger partial charge in [-0.05, 0) is 33.6 Å². The number of carbonyl (C=O) groups excluding carboxylic acids is 1. The maximum Gasteiger partial charge on any atom is 0.251 e. The van der Waals surface area contributed by atoms with Crippen molar-refractivity contribution in [2.24, 2.45) is 0 Å². The van der Waals surface area contributed by atoms with E-state index in [0.717, 1.165) is 12.8 Å². The van der Waals surface area contributed by atoms with Crippen molar-refractivity contribution >= 4 is 5.91 Å². The summed E-state index contributed by atoms with van der Waals surface area (Å²) in [6.07, 6.45) is 1.48. The van der Waals surface area contributed by atoms with Crippen LogP contribution < -0.4 is 0 Å². The Balaban J connectivity index is 2.53. The van der Waals surface area contributed by atoms with Gasteiger partial charge in [-0.2, -0.15) is 0 Å². The van der Waals surface area contributed by atoms with E-state index in [-0.39, 0.29) is 12.0 Å². The van der Waals surface area contributed by atoms with Gasteiger partial charge in [-0.3, -0.25) is 4.79 Å². The zero-order valence-corrected chi connectivity index (χ0v) is 9.82. The van der Waals surface area contributed by atoms with Crippen LogP contribution in [0.25, 0.3) is 0 Å². The molecule has 1 aliphatic rings. The summed E-state index contributed by atoms with van der Waals surface area (Å²) in [5.41, 5.74) is -0.843. The smallest absolute Gasteiger partial charge is 0.251 e. The van der Waals surface area contributed by atoms with Gasteiger partial charge in [0.05, 0.1) is 5.60 Å². The Morgan fingerprint density at radius 2 is 2.27 bits per heavy atom. The predicted molar refractivity (Wildman–Crippen MR) is 57.5 cm³/mol. The molecule has 1 aliphatic heterocycles. The molecule has 1 saturated heterocycles. The zero-order valence-electron chi connectivity index (χ0n) is 9.82. The molecule has 1 heterocycles. The van der Waals surface area contributed by atoms with Crippen molar-refractivity contribution in [2.45, 2.75) is 45.3 Å². The first-order valence-electron chi connectivity index (χ1n) is 5.57. The average Bonchev–Trinajstić information content (AvgIpc) is 2.64. The van der Waals surface area contributed by atoms with Crippen molar-refractivity contribution in [2.75, 3.05) is 19.7 Å². The number of carbonyl (C=O) groups is 1. The van der Waals surface area contributed by atoms with E-state index in [2.05, 4.69) is 0 Å². The zero-order chi connectivity index (χ0) is 11.5. The number of nitrogens with zero attached hydrogens (tertiary/aromatic N) is 1. The maximum absolute atomic E-state index is 11.9. The second-order valence-electron chi connectivity index (χ2n) is 4.67. The van der Waals surface area contributed by atoms with Crippen LogP contribution in [-0.4, -0.2) is 47.3 Å². The van der Waals surface area contributed by atoms with Gasteiger partial charge in [-0.25, -0.2) is 0 Å². The van der Waals surface area contributed by atoms with Crippen LogP contribution in [0.4, 0.5) is 0 Å². The van der Waals surface area contributed by atoms with Crippen molar-refractivity contribution in [1.29, 1.82) is 0 Å². The molecule has 1 atom stereocenters. The number of ether oxygens (including phenoxy) is 1. The molecule has 0 aromatic carbocycles. The highest BCUT2D eigenvalue weighted by atomic mass is 16.5. The van der Waals surface area contributed by atoms with Crippen LogP contribution in [0.1, 0.15) is 33.6 Å². The van der Waals surface area contributed by atoms with Gasteiger partial charge in [0.2, 0.25) is 0 Å². The first-order valence-corrected chi connectivity index (χ1v) is 5.57. The molecule has 4 nitrogen and oxygen atoms in total. The van der Waals surface area contributed by atoms with Crippen molar-refractivity contribution in [1.82, 2.24) is 4.90 Å². The van der Waals surface area contributed by atoms with Gasteiger partial charge in [0.1, 0.15) is 6.10 Å². The van der Waals surface area contributed by atoms with Crippen LogP contribution in [0.5, 0.6) is 0 Å². The molecule has 0 spiro atoms. The molecule has 0 unspecified atom stereocenters. The van der Waals surface area contributed by atoms with Gasteiger partial charge in [-0.15, -0.1) is 0 Å². The van der Waals surface area contributed by atoms with Crippen LogP contribution in [0.2, 0.25) is 0 Å². The number of hydrogen-bond donors (Lipinski definition) is 1. The summed E-state index contributed by atoms with van der Waals surface area (Å²) in [7, 11) is 0. The Labute approximate surface area is 91.2 Å². The first-order chi connectivity index (χ1) is 6.94. The maximum atomic E-state index is 11.9. The summed E-state index contributed by atoms with van der Waals surface area (Å²) in [5, 5.41) is 9.68. The van der Waals surface area contributed by atoms with Crippen LogP contribution in [0.3, 0.4) is 0 Å². The fourth-order valence-electron chi connectivity index (χ4n) is 1.79. The Morgan fingerprint density at radius 1 is 1.60 bits per heavy atom. The van der Waals surface area contributed by atoms with Crippen LogP contribution in [-0.2, 0) is 9.53 Å². The Hall–Kier alpha value is -0.610. The molecule has 1 rings (SSSR count). The fraction of sp³-hybridized carbons (Fsp3) is 0.909. The van der Waals surface area contributed by atoms with E-state index in [0.29, 0.717) is 19.7 Å². The third kappa shape index (κ3) is 3.80. The highest BCUT2D eigenvalue weighted by molar-refractivity contribution is 5.81. The normalized spacial score (nSPS) is 21.7. The minimum absolute atomic E-state index is 0.0112. The lowest BCUT2D eigenvalue weighted by molar-refractivity contribution is -0.143. The van der Waals surface area contributed by atoms with Crippen molar-refractivity contribution in [3.05, 3.63) is 0 Å². The average molecular weight is 215 g/mol. The second-order valence-corrected chi connectivity index (χ2v) is 4.67. The summed E-state index contributed by atoms with van der Waals surface area (Å²) in [6.45, 7) is 6.98. The topological polar surface area (TPSA) is 49.8 Å². The molecule has 0 radical (unpaired) electrons. The third-order valence-electron chi connectivity index (χ3n) is 2.48. The summed E-state index contributed by atoms with van der Waals surface area (Å²) < 4.78 is 5.34. The quantitative estimate of drug-likeness (QED) is 0.754. The van der Waals surface area contributed by atoms with E-state index < -0.39 is 5.60 Å². The Kier molecular flexibility index (Phi) is 4.11. The van der Waals surface area contributed by atoms with E-state index in [4.69, 9.17) is 4.74 Å². The minimum atomic E-state index is -0.843. The number of likely N-dealkylation sites (N-methyl/N-ethyl adjacent to an activating group) is 1. The summed E-state index contributed by atoms with van der Waals surface area (Å²) >= 11 is 0. The minimum Gasteiger partial charge on any atom is -0.389 e. The lowest BCUT2D eigenvalue weighted by atomic mass is 10.1. The summed E-state index contributed by atoms with van der Waals surface area (Å²) in [6, 6.07) is 0. The Morgan fingerprint density at radius 3 is 2.67 bits per heavy atom. The van der Waals surface area contributed by atoms with E-state index in [1.54, 1.807) is 18.7 Å². The number of hydrogen-bond acceptors (Lipinski definition) is 3. The van der Waals surface area contributed by atoms with E-state index >= 15 is 0 Å². The van der Waals surface area contributed by atoms with Gasteiger partial charge in [-0.1, -0.05) is 0 Å². The molecule has 4 heteroatoms. The predicted octanol–water partition coefficient (Wildman–Crippen LogP) is 0.785. The molecule has 0 aromatic rings. The molecule has 0 aromatic heterocycles. The number of rotatable bonds is 4. The molecular weight excluding hydrogens is 194 g/mol. The summed E-state index contributed by atoms with van der Waals surface area (Å²) in [5.74, 6) is 0.0112. The Bertz CT molecular complexity index is 216. The van der Waals surface area contributed by atoms with Crippen LogP contribution >= 0.6 is 0 Å². The molecular formula is C11H21NO3. The molecule has 88 valence electrons. The van der Waals surface area contributed by atoms with Crippen molar-refractivity contribution < 1.29 is 14.6 Å². The second kappa shape index (κ2) is 4.94. The molecule has 1 fully saturated rings. The molecule has 0 saturated carbocycles. The standard InChI is InChI=1S/C11H21NO3/c1-4-12(8-11(2,3)14)10(13)9-6-5-7-15-9/h9,14H,4-8H2,1-3H3/t9-/m1/s1. The lowest BCUT2D eigenvalue weighted by Crippen LogP contribution is -2.46. The third-order valence-corrected chi connectivity index (χ3v) is 2.48.